The van der Waals surface area contributed by atoms with Gasteiger partial charge in [-0.15, -0.1) is 0 Å². The van der Waals surface area contributed by atoms with Crippen molar-refractivity contribution in [3.8, 4) is 0 Å². The molecular weight excluding hydrogens is 225 g/mol. The van der Waals surface area contributed by atoms with Gasteiger partial charge >= 0.3 is 5.97 Å². The highest BCUT2D eigenvalue weighted by molar-refractivity contribution is 6.42. The molecule has 0 aliphatic rings. The zero-order valence-corrected chi connectivity index (χ0v) is 8.93. The summed E-state index contributed by atoms with van der Waals surface area (Å²) < 4.78 is 0. The van der Waals surface area contributed by atoms with Gasteiger partial charge < -0.3 is 10.8 Å². The highest BCUT2D eigenvalue weighted by Gasteiger charge is 2.17. The normalized spacial score (nSPS) is 12.6. The Labute approximate surface area is 91.4 Å². The van der Waals surface area contributed by atoms with Gasteiger partial charge in [0.05, 0.1) is 10.0 Å². The molecule has 3 nitrogen and oxygen atoms in total. The molecule has 0 radical (unpaired) electrons. The summed E-state index contributed by atoms with van der Waals surface area (Å²) in [5.41, 5.74) is 6.65. The molecule has 5 heteroatoms. The molecule has 0 aliphatic carbocycles. The summed E-state index contributed by atoms with van der Waals surface area (Å²) in [4.78, 5) is 10.6. The molecular formula is C9H9Cl2NO2. The third-order valence-electron chi connectivity index (χ3n) is 1.91. The Morgan fingerprint density at radius 3 is 2.43 bits per heavy atom. The fourth-order valence-corrected chi connectivity index (χ4v) is 1.52. The Balaban J connectivity index is 3.22. The summed E-state index contributed by atoms with van der Waals surface area (Å²) in [5, 5.41) is 9.42. The molecule has 1 atom stereocenters. The van der Waals surface area contributed by atoms with Crippen LogP contribution in [0.15, 0.2) is 12.1 Å². The van der Waals surface area contributed by atoms with E-state index in [-0.39, 0.29) is 0 Å². The van der Waals surface area contributed by atoms with E-state index in [1.165, 1.54) is 6.07 Å². The number of nitrogens with two attached hydrogens (primary N) is 1. The Morgan fingerprint density at radius 1 is 1.43 bits per heavy atom. The number of hydrogen-bond donors (Lipinski definition) is 2. The predicted molar refractivity (Wildman–Crippen MR) is 55.8 cm³/mol. The molecule has 0 aliphatic heterocycles. The van der Waals surface area contributed by atoms with Crippen molar-refractivity contribution in [1.82, 2.24) is 0 Å². The Morgan fingerprint density at radius 2 is 1.93 bits per heavy atom. The molecule has 1 aromatic rings. The van der Waals surface area contributed by atoms with E-state index >= 15 is 0 Å². The molecule has 1 aromatic carbocycles. The lowest BCUT2D eigenvalue weighted by Gasteiger charge is -2.11. The number of aliphatic carboxylic acids is 1. The monoisotopic (exact) mass is 233 g/mol. The molecule has 1 unspecified atom stereocenters. The zero-order chi connectivity index (χ0) is 10.9. The van der Waals surface area contributed by atoms with Crippen molar-refractivity contribution in [1.29, 1.82) is 0 Å². The molecule has 3 N–H and O–H groups in total. The van der Waals surface area contributed by atoms with Crippen molar-refractivity contribution >= 4 is 29.2 Å². The third kappa shape index (κ3) is 2.18. The van der Waals surface area contributed by atoms with Gasteiger partial charge in [0.15, 0.2) is 0 Å². The van der Waals surface area contributed by atoms with Crippen LogP contribution in [0.2, 0.25) is 10.0 Å². The second kappa shape index (κ2) is 4.17. The second-order valence-corrected chi connectivity index (χ2v) is 3.75. The van der Waals surface area contributed by atoms with Crippen LogP contribution in [0.1, 0.15) is 17.2 Å². The highest BCUT2D eigenvalue weighted by Crippen LogP contribution is 2.28. The zero-order valence-electron chi connectivity index (χ0n) is 7.42. The third-order valence-corrected chi connectivity index (χ3v) is 2.63. The van der Waals surface area contributed by atoms with Crippen LogP contribution >= 0.6 is 23.2 Å². The molecule has 0 heterocycles. The molecule has 0 saturated carbocycles. The van der Waals surface area contributed by atoms with E-state index in [2.05, 4.69) is 0 Å². The van der Waals surface area contributed by atoms with E-state index in [0.29, 0.717) is 21.2 Å². The number of rotatable bonds is 2. The van der Waals surface area contributed by atoms with E-state index in [9.17, 15) is 4.79 Å². The van der Waals surface area contributed by atoms with Crippen LogP contribution in [0.5, 0.6) is 0 Å². The van der Waals surface area contributed by atoms with E-state index in [4.69, 9.17) is 34.0 Å². The van der Waals surface area contributed by atoms with Gasteiger partial charge in [-0.05, 0) is 30.2 Å². The van der Waals surface area contributed by atoms with Crippen LogP contribution in [0.3, 0.4) is 0 Å². The van der Waals surface area contributed by atoms with Crippen LogP contribution in [0.4, 0.5) is 0 Å². The highest BCUT2D eigenvalue weighted by atomic mass is 35.5. The van der Waals surface area contributed by atoms with E-state index < -0.39 is 12.0 Å². The average Bonchev–Trinajstić information content (AvgIpc) is 2.10. The van der Waals surface area contributed by atoms with Crippen LogP contribution in [0, 0.1) is 6.92 Å². The van der Waals surface area contributed by atoms with Gasteiger partial charge in [0.25, 0.3) is 0 Å². The minimum atomic E-state index is -1.09. The SMILES string of the molecule is Cc1cc(Cl)c(Cl)cc1C(N)C(=O)O. The number of halogens is 2. The van der Waals surface area contributed by atoms with Crippen molar-refractivity contribution < 1.29 is 9.90 Å². The van der Waals surface area contributed by atoms with E-state index in [1.54, 1.807) is 13.0 Å². The van der Waals surface area contributed by atoms with Gasteiger partial charge in [-0.1, -0.05) is 23.2 Å². The van der Waals surface area contributed by atoms with Crippen molar-refractivity contribution in [3.63, 3.8) is 0 Å². The van der Waals surface area contributed by atoms with Gasteiger partial charge in [0.1, 0.15) is 6.04 Å². The fraction of sp³-hybridized carbons (Fsp3) is 0.222. The first-order valence-corrected chi connectivity index (χ1v) is 4.63. The summed E-state index contributed by atoms with van der Waals surface area (Å²) in [6.07, 6.45) is 0. The van der Waals surface area contributed by atoms with Gasteiger partial charge in [0, 0.05) is 0 Å². The quantitative estimate of drug-likeness (QED) is 0.825. The molecule has 0 bridgehead atoms. The number of carboxylic acid groups (broad SMARTS) is 1. The number of aryl methyl sites for hydroxylation is 1. The minimum Gasteiger partial charge on any atom is -0.480 e. The Kier molecular flexibility index (Phi) is 3.37. The lowest BCUT2D eigenvalue weighted by atomic mass is 10.0. The average molecular weight is 234 g/mol. The van der Waals surface area contributed by atoms with Gasteiger partial charge in [-0.2, -0.15) is 0 Å². The second-order valence-electron chi connectivity index (χ2n) is 2.94. The Hall–Kier alpha value is -0.770. The largest absolute Gasteiger partial charge is 0.480 e. The lowest BCUT2D eigenvalue weighted by Crippen LogP contribution is -2.21. The first-order chi connectivity index (χ1) is 6.43. The maximum absolute atomic E-state index is 10.6. The van der Waals surface area contributed by atoms with Crippen LogP contribution in [0.25, 0.3) is 0 Å². The molecule has 76 valence electrons. The number of hydrogen-bond acceptors (Lipinski definition) is 2. The summed E-state index contributed by atoms with van der Waals surface area (Å²) in [6, 6.07) is 2.02. The molecule has 0 aromatic heterocycles. The summed E-state index contributed by atoms with van der Waals surface area (Å²) in [6.45, 7) is 1.74. The Bertz CT molecular complexity index is 379. The van der Waals surface area contributed by atoms with E-state index in [1.807, 2.05) is 0 Å². The van der Waals surface area contributed by atoms with Crippen molar-refractivity contribution in [3.05, 3.63) is 33.3 Å². The smallest absolute Gasteiger partial charge is 0.325 e. The lowest BCUT2D eigenvalue weighted by molar-refractivity contribution is -0.138. The van der Waals surface area contributed by atoms with Gasteiger partial charge in [-0.3, -0.25) is 4.79 Å². The van der Waals surface area contributed by atoms with Crippen molar-refractivity contribution in [2.75, 3.05) is 0 Å². The first-order valence-electron chi connectivity index (χ1n) is 3.87. The van der Waals surface area contributed by atoms with Crippen molar-refractivity contribution in [2.45, 2.75) is 13.0 Å². The summed E-state index contributed by atoms with van der Waals surface area (Å²) in [5.74, 6) is -1.09. The topological polar surface area (TPSA) is 63.3 Å². The maximum Gasteiger partial charge on any atom is 0.325 e. The molecule has 0 saturated heterocycles. The van der Waals surface area contributed by atoms with Crippen LogP contribution < -0.4 is 5.73 Å². The molecule has 14 heavy (non-hydrogen) atoms. The molecule has 0 fully saturated rings. The maximum atomic E-state index is 10.6. The van der Waals surface area contributed by atoms with Gasteiger partial charge in [-0.25, -0.2) is 0 Å². The molecule has 0 amide bonds. The fourth-order valence-electron chi connectivity index (χ4n) is 1.13. The number of benzene rings is 1. The van der Waals surface area contributed by atoms with Crippen molar-refractivity contribution in [2.24, 2.45) is 5.73 Å². The minimum absolute atomic E-state index is 0.309. The standard InChI is InChI=1S/C9H9Cl2NO2/c1-4-2-6(10)7(11)3-5(4)8(12)9(13)14/h2-3,8H,12H2,1H3,(H,13,14). The molecule has 1 rings (SSSR count). The van der Waals surface area contributed by atoms with E-state index in [0.717, 1.165) is 0 Å². The van der Waals surface area contributed by atoms with Gasteiger partial charge in [0.2, 0.25) is 0 Å². The predicted octanol–water partition coefficient (Wildman–Crippen LogP) is 2.39. The number of carboxylic acids is 1. The first kappa shape index (κ1) is 11.3. The van der Waals surface area contributed by atoms with Crippen LogP contribution in [-0.4, -0.2) is 11.1 Å². The summed E-state index contributed by atoms with van der Waals surface area (Å²) >= 11 is 11.5. The van der Waals surface area contributed by atoms with Crippen LogP contribution in [-0.2, 0) is 4.79 Å². The number of carbonyl (C=O) groups is 1. The molecule has 0 spiro atoms. The summed E-state index contributed by atoms with van der Waals surface area (Å²) in [7, 11) is 0.